The maximum atomic E-state index is 12.6. The summed E-state index contributed by atoms with van der Waals surface area (Å²) in [6, 6.07) is 8.36. The fraction of sp³-hybridized carbons (Fsp3) is 0.389. The predicted octanol–water partition coefficient (Wildman–Crippen LogP) is 8.14. The second-order valence-electron chi connectivity index (χ2n) is 13.2. The quantitative estimate of drug-likeness (QED) is 0.0561. The molecular formula is C36H43I2N2O8S2+. The number of nitrogens with zero attached hydrogens (tertiary/aromatic N) is 2. The highest BCUT2D eigenvalue weighted by Crippen LogP contribution is 2.52. The van der Waals surface area contributed by atoms with Crippen molar-refractivity contribution in [3.8, 4) is 0 Å². The van der Waals surface area contributed by atoms with Crippen LogP contribution in [0, 0.1) is 7.14 Å². The molecule has 0 spiro atoms. The third-order valence-electron chi connectivity index (χ3n) is 9.41. The van der Waals surface area contributed by atoms with Crippen LogP contribution < -0.4 is 4.90 Å². The highest BCUT2D eigenvalue weighted by molar-refractivity contribution is 14.1. The van der Waals surface area contributed by atoms with Crippen molar-refractivity contribution in [2.24, 2.45) is 0 Å². The molecule has 3 N–H and O–H groups in total. The van der Waals surface area contributed by atoms with Crippen LogP contribution in [-0.4, -0.2) is 59.7 Å². The predicted molar refractivity (Wildman–Crippen MR) is 214 cm³/mol. The van der Waals surface area contributed by atoms with Gasteiger partial charge in [-0.25, -0.2) is 0 Å². The van der Waals surface area contributed by atoms with Gasteiger partial charge in [0.1, 0.15) is 0 Å². The van der Waals surface area contributed by atoms with Gasteiger partial charge < -0.3 is 10.0 Å². The lowest BCUT2D eigenvalue weighted by Crippen LogP contribution is -2.36. The summed E-state index contributed by atoms with van der Waals surface area (Å²) >= 11 is 4.71. The van der Waals surface area contributed by atoms with E-state index in [1.165, 1.54) is 27.3 Å². The lowest BCUT2D eigenvalue weighted by molar-refractivity contribution is -0.458. The molecule has 2 aromatic carbocycles. The molecule has 2 aliphatic rings. The van der Waals surface area contributed by atoms with Crippen LogP contribution in [0.5, 0.6) is 0 Å². The fourth-order valence-corrected chi connectivity index (χ4v) is 10.9. The number of unbranched alkanes of at least 4 members (excludes halogenated alkanes) is 1. The van der Waals surface area contributed by atoms with Crippen LogP contribution in [0.15, 0.2) is 83.5 Å². The molecule has 2 aliphatic heterocycles. The Kier molecular flexibility index (Phi) is 12.7. The molecular weight excluding hydrogens is 906 g/mol. The molecule has 4 rings (SSSR count). The van der Waals surface area contributed by atoms with Crippen LogP contribution in [0.1, 0.15) is 77.3 Å². The summed E-state index contributed by atoms with van der Waals surface area (Å²) in [6.07, 6.45) is 16.0. The molecule has 0 saturated carbocycles. The van der Waals surface area contributed by atoms with Gasteiger partial charge in [0.25, 0.3) is 15.5 Å². The topological polar surface area (TPSA) is 152 Å². The summed E-state index contributed by atoms with van der Waals surface area (Å²) in [5.41, 5.74) is 3.79. The first-order chi connectivity index (χ1) is 23.2. The van der Waals surface area contributed by atoms with Crippen molar-refractivity contribution >= 4 is 88.5 Å². The van der Waals surface area contributed by atoms with Gasteiger partial charge in [-0.1, -0.05) is 43.7 Å². The number of carboxylic acids is 1. The normalized spacial score (nSPS) is 20.5. The van der Waals surface area contributed by atoms with Crippen molar-refractivity contribution in [3.63, 3.8) is 0 Å². The Morgan fingerprint density at radius 1 is 0.980 bits per heavy atom. The minimum atomic E-state index is -4.54. The number of aliphatic carboxylic acids is 1. The van der Waals surface area contributed by atoms with Gasteiger partial charge in [0, 0.05) is 67.1 Å². The van der Waals surface area contributed by atoms with Gasteiger partial charge in [-0.2, -0.15) is 21.4 Å². The van der Waals surface area contributed by atoms with Gasteiger partial charge in [0.05, 0.1) is 10.3 Å². The Balaban J connectivity index is 1.67. The van der Waals surface area contributed by atoms with Crippen molar-refractivity contribution < 1.29 is 40.4 Å². The third kappa shape index (κ3) is 8.46. The molecule has 14 heteroatoms. The maximum Gasteiger partial charge on any atom is 0.329 e. The minimum absolute atomic E-state index is 0.133. The average Bonchev–Trinajstić information content (AvgIpc) is 3.35. The molecule has 0 fully saturated rings. The molecule has 270 valence electrons. The van der Waals surface area contributed by atoms with E-state index >= 15 is 0 Å². The highest BCUT2D eigenvalue weighted by Gasteiger charge is 2.50. The van der Waals surface area contributed by atoms with Crippen molar-refractivity contribution in [1.29, 1.82) is 0 Å². The zero-order valence-electron chi connectivity index (χ0n) is 28.6. The van der Waals surface area contributed by atoms with Crippen LogP contribution in [0.4, 0.5) is 11.4 Å². The number of hydrogen-bond acceptors (Lipinski definition) is 6. The molecule has 2 unspecified atom stereocenters. The molecule has 0 aliphatic carbocycles. The van der Waals surface area contributed by atoms with Gasteiger partial charge in [-0.05, 0) is 116 Å². The summed E-state index contributed by atoms with van der Waals surface area (Å²) < 4.78 is 72.9. The molecule has 0 saturated heterocycles. The van der Waals surface area contributed by atoms with Crippen molar-refractivity contribution in [2.75, 3.05) is 11.9 Å². The van der Waals surface area contributed by atoms with E-state index in [-0.39, 0.29) is 23.2 Å². The molecule has 2 aromatic rings. The first kappa shape index (κ1) is 40.4. The van der Waals surface area contributed by atoms with Gasteiger partial charge in [-0.15, -0.1) is 0 Å². The van der Waals surface area contributed by atoms with Gasteiger partial charge in [0.2, 0.25) is 5.69 Å². The zero-order chi connectivity index (χ0) is 37.2. The number of anilines is 1. The van der Waals surface area contributed by atoms with E-state index in [1.54, 1.807) is 22.8 Å². The van der Waals surface area contributed by atoms with Crippen molar-refractivity contribution in [3.05, 3.63) is 96.8 Å². The molecule has 2 atom stereocenters. The lowest BCUT2D eigenvalue weighted by Gasteiger charge is -2.29. The van der Waals surface area contributed by atoms with Crippen LogP contribution in [0.2, 0.25) is 0 Å². The summed E-state index contributed by atoms with van der Waals surface area (Å²) in [4.78, 5) is 13.0. The molecule has 0 radical (unpaired) electrons. The molecule has 50 heavy (non-hydrogen) atoms. The number of benzene rings is 2. The Hall–Kier alpha value is -2.38. The van der Waals surface area contributed by atoms with Gasteiger partial charge >= 0.3 is 16.1 Å². The van der Waals surface area contributed by atoms with Crippen LogP contribution in [0.3, 0.4) is 0 Å². The van der Waals surface area contributed by atoms with Gasteiger partial charge in [0.15, 0.2) is 5.71 Å². The highest BCUT2D eigenvalue weighted by atomic mass is 127. The summed E-state index contributed by atoms with van der Waals surface area (Å²) in [6.45, 7) is 7.69. The molecule has 10 nitrogen and oxygen atoms in total. The van der Waals surface area contributed by atoms with E-state index < -0.39 is 37.0 Å². The number of fused-ring (bicyclic) bond motifs is 2. The van der Waals surface area contributed by atoms with Crippen LogP contribution in [0.25, 0.3) is 0 Å². The molecule has 0 amide bonds. The maximum absolute atomic E-state index is 12.6. The number of allylic oxidation sites excluding steroid dienone is 8. The van der Waals surface area contributed by atoms with E-state index in [4.69, 9.17) is 5.11 Å². The fourth-order valence-electron chi connectivity index (χ4n) is 7.00. The monoisotopic (exact) mass is 949 g/mol. The SMILES string of the molecule is CCCC([N+]1=C(C=CC=CC=CC=C2N(C)c3cc(I)cc(I)c3C2(C)CCCCC(=O)O)C(C)(C)c2cc(S(=O)(=O)O)ccc21)S(=O)(=O)O. The number of rotatable bonds is 14. The van der Waals surface area contributed by atoms with E-state index in [9.17, 15) is 30.7 Å². The van der Waals surface area contributed by atoms with E-state index in [0.29, 0.717) is 29.8 Å². The smallest absolute Gasteiger partial charge is 0.329 e. The first-order valence-corrected chi connectivity index (χ1v) is 21.3. The second-order valence-corrected chi connectivity index (χ2v) is 18.7. The number of carboxylic acid groups (broad SMARTS) is 1. The summed E-state index contributed by atoms with van der Waals surface area (Å²) in [5.74, 6) is -0.791. The third-order valence-corrected chi connectivity index (χ3v) is 12.9. The number of likely N-dealkylation sites (N-methyl/N-ethyl adjacent to an activating group) is 1. The Labute approximate surface area is 322 Å². The Morgan fingerprint density at radius 3 is 2.26 bits per heavy atom. The summed E-state index contributed by atoms with van der Waals surface area (Å²) in [7, 11) is -7.00. The van der Waals surface area contributed by atoms with Gasteiger partial charge in [-0.3, -0.25) is 13.9 Å². The van der Waals surface area contributed by atoms with Crippen LogP contribution >= 0.6 is 45.2 Å². The standard InChI is InChI=1S/C36H42I2N2O8S2/c1-6-14-32(50(46,47)48)40-28-19-18-25(49(43,44)45)23-26(28)35(2,3)30(40)15-10-8-7-9-11-16-31-36(4,20-13-12-17-33(41)42)34-27(38)21-24(37)22-29(34)39(31)5/h7-11,15-16,18-19,21-23,32H,6,12-14,17,20H2,1-5H3,(H2-,41,42,43,44,45,46,47,48)/p+1. The second kappa shape index (κ2) is 15.7. The van der Waals surface area contributed by atoms with E-state index in [1.807, 2.05) is 46.0 Å². The van der Waals surface area contributed by atoms with E-state index in [2.05, 4.69) is 75.2 Å². The average molecular weight is 950 g/mol. The van der Waals surface area contributed by atoms with Crippen LogP contribution in [-0.2, 0) is 35.9 Å². The number of carbonyl (C=O) groups is 1. The first-order valence-electron chi connectivity index (χ1n) is 16.2. The molecule has 0 aromatic heterocycles. The minimum Gasteiger partial charge on any atom is -0.481 e. The largest absolute Gasteiger partial charge is 0.481 e. The Morgan fingerprint density at radius 2 is 1.64 bits per heavy atom. The summed E-state index contributed by atoms with van der Waals surface area (Å²) in [5, 5.41) is 7.85. The van der Waals surface area contributed by atoms with E-state index in [0.717, 1.165) is 27.8 Å². The number of hydrogen-bond donors (Lipinski definition) is 3. The van der Waals surface area contributed by atoms with Crippen molar-refractivity contribution in [2.45, 2.75) is 87.3 Å². The Bertz CT molecular complexity index is 2050. The lowest BCUT2D eigenvalue weighted by atomic mass is 9.77. The molecule has 0 bridgehead atoms. The van der Waals surface area contributed by atoms with Crippen molar-refractivity contribution in [1.82, 2.24) is 0 Å². The zero-order valence-corrected chi connectivity index (χ0v) is 34.5. The molecule has 2 heterocycles. The number of halogens is 2.